The predicted octanol–water partition coefficient (Wildman–Crippen LogP) is 4.12. The molecule has 164 valence electrons. The van der Waals surface area contributed by atoms with Crippen molar-refractivity contribution in [2.24, 2.45) is 0 Å². The monoisotopic (exact) mass is 490 g/mol. The van der Waals surface area contributed by atoms with Crippen LogP contribution in [0.5, 0.6) is 11.5 Å². The smallest absolute Gasteiger partial charge is 0.497 e. The standard InChI is InChI=1S/C12H8ClF3O4S.CHF3O3S/c1-19-8-3-4-9-7(6-8)2-5-10(11(9)13)20-21(17,18)12(14,15)16;2-1(3,4)8(5,6)7/h2-6H,1H3;(H,5,6,7). The van der Waals surface area contributed by atoms with E-state index in [9.17, 15) is 34.8 Å². The van der Waals surface area contributed by atoms with Gasteiger partial charge in [-0.15, -0.1) is 0 Å². The lowest BCUT2D eigenvalue weighted by Gasteiger charge is -2.12. The van der Waals surface area contributed by atoms with E-state index in [1.54, 1.807) is 6.07 Å². The van der Waals surface area contributed by atoms with Gasteiger partial charge >= 0.3 is 31.3 Å². The summed E-state index contributed by atoms with van der Waals surface area (Å²) >= 11 is 5.90. The third-order valence-electron chi connectivity index (χ3n) is 2.90. The Labute approximate surface area is 164 Å². The highest BCUT2D eigenvalue weighted by Crippen LogP contribution is 2.37. The highest BCUT2D eigenvalue weighted by molar-refractivity contribution is 7.88. The number of benzene rings is 2. The zero-order valence-electron chi connectivity index (χ0n) is 13.7. The number of rotatable bonds is 3. The third-order valence-corrected chi connectivity index (χ3v) is 4.84. The fourth-order valence-electron chi connectivity index (χ4n) is 1.61. The molecule has 2 aromatic rings. The van der Waals surface area contributed by atoms with Crippen LogP contribution in [0.3, 0.4) is 0 Å². The van der Waals surface area contributed by atoms with Gasteiger partial charge in [-0.25, -0.2) is 0 Å². The van der Waals surface area contributed by atoms with Crippen LogP contribution < -0.4 is 8.92 Å². The molecule has 0 aliphatic rings. The van der Waals surface area contributed by atoms with E-state index in [-0.39, 0.29) is 5.02 Å². The van der Waals surface area contributed by atoms with Crippen molar-refractivity contribution in [3.8, 4) is 11.5 Å². The van der Waals surface area contributed by atoms with Gasteiger partial charge in [-0.2, -0.15) is 43.2 Å². The van der Waals surface area contributed by atoms with E-state index < -0.39 is 37.0 Å². The number of methoxy groups -OCH3 is 1. The second-order valence-corrected chi connectivity index (χ2v) is 8.20. The summed E-state index contributed by atoms with van der Waals surface area (Å²) in [4.78, 5) is 0. The lowest BCUT2D eigenvalue weighted by molar-refractivity contribution is -0.0512. The minimum absolute atomic E-state index is 0.233. The average Bonchev–Trinajstić information content (AvgIpc) is 2.54. The number of hydrogen-bond acceptors (Lipinski definition) is 6. The SMILES string of the molecule is COc1ccc2c(Cl)c(OS(=O)(=O)C(F)(F)F)ccc2c1.O=S(=O)(O)C(F)(F)F. The molecule has 2 aromatic carbocycles. The topological polar surface area (TPSA) is 107 Å². The van der Waals surface area contributed by atoms with Crippen LogP contribution in [0.2, 0.25) is 5.02 Å². The fraction of sp³-hybridized carbons (Fsp3) is 0.231. The molecule has 0 aromatic heterocycles. The molecule has 2 rings (SSSR count). The molecule has 0 unspecified atom stereocenters. The largest absolute Gasteiger partial charge is 0.534 e. The molecule has 0 bridgehead atoms. The van der Waals surface area contributed by atoms with E-state index >= 15 is 0 Å². The summed E-state index contributed by atoms with van der Waals surface area (Å²) in [5.74, 6) is -0.0678. The minimum atomic E-state index is -5.84. The first-order valence-electron chi connectivity index (χ1n) is 6.71. The lowest BCUT2D eigenvalue weighted by Crippen LogP contribution is -2.28. The van der Waals surface area contributed by atoms with Crippen LogP contribution in [0.25, 0.3) is 10.8 Å². The summed E-state index contributed by atoms with van der Waals surface area (Å²) in [5, 5.41) is 0.673. The van der Waals surface area contributed by atoms with E-state index in [0.717, 1.165) is 6.07 Å². The van der Waals surface area contributed by atoms with Gasteiger partial charge < -0.3 is 8.92 Å². The maximum absolute atomic E-state index is 12.3. The maximum atomic E-state index is 12.3. The third kappa shape index (κ3) is 6.25. The lowest BCUT2D eigenvalue weighted by atomic mass is 10.1. The van der Waals surface area contributed by atoms with Gasteiger partial charge in [0.05, 0.1) is 12.1 Å². The van der Waals surface area contributed by atoms with Crippen molar-refractivity contribution in [3.63, 3.8) is 0 Å². The van der Waals surface area contributed by atoms with E-state index in [0.29, 0.717) is 16.5 Å². The molecule has 7 nitrogen and oxygen atoms in total. The van der Waals surface area contributed by atoms with Crippen LogP contribution in [0.15, 0.2) is 30.3 Å². The predicted molar refractivity (Wildman–Crippen MR) is 88.7 cm³/mol. The van der Waals surface area contributed by atoms with Crippen molar-refractivity contribution >= 4 is 42.6 Å². The molecular weight excluding hydrogens is 482 g/mol. The molecule has 0 atom stereocenters. The Morgan fingerprint density at radius 1 is 0.931 bits per heavy atom. The zero-order chi connectivity index (χ0) is 22.8. The van der Waals surface area contributed by atoms with Crippen molar-refractivity contribution in [1.29, 1.82) is 0 Å². The van der Waals surface area contributed by atoms with Gasteiger partial charge in [0.2, 0.25) is 0 Å². The van der Waals surface area contributed by atoms with E-state index in [4.69, 9.17) is 29.3 Å². The molecule has 0 aliphatic heterocycles. The highest BCUT2D eigenvalue weighted by atomic mass is 35.5. The van der Waals surface area contributed by atoms with Gasteiger partial charge in [-0.1, -0.05) is 17.7 Å². The van der Waals surface area contributed by atoms with Crippen molar-refractivity contribution in [2.45, 2.75) is 11.0 Å². The van der Waals surface area contributed by atoms with Gasteiger partial charge in [-0.05, 0) is 29.7 Å². The van der Waals surface area contributed by atoms with Crippen LogP contribution in [-0.4, -0.2) is 39.5 Å². The van der Waals surface area contributed by atoms with Crippen molar-refractivity contribution in [1.82, 2.24) is 0 Å². The Kier molecular flexibility index (Phi) is 7.27. The average molecular weight is 491 g/mol. The molecule has 0 spiro atoms. The Morgan fingerprint density at radius 2 is 1.45 bits per heavy atom. The number of ether oxygens (including phenoxy) is 1. The second kappa shape index (κ2) is 8.41. The first kappa shape index (κ1) is 25.1. The number of fused-ring (bicyclic) bond motifs is 1. The first-order chi connectivity index (χ1) is 12.9. The molecule has 0 amide bonds. The van der Waals surface area contributed by atoms with Gasteiger partial charge in [-0.3, -0.25) is 4.55 Å². The van der Waals surface area contributed by atoms with Gasteiger partial charge in [0, 0.05) is 5.39 Å². The molecule has 0 saturated carbocycles. The molecule has 0 saturated heterocycles. The Balaban J connectivity index is 0.000000447. The van der Waals surface area contributed by atoms with Gasteiger partial charge in [0.15, 0.2) is 5.75 Å². The molecule has 0 fully saturated rings. The van der Waals surface area contributed by atoms with Crippen LogP contribution in [0, 0.1) is 0 Å². The Bertz CT molecular complexity index is 1100. The van der Waals surface area contributed by atoms with E-state index in [1.807, 2.05) is 0 Å². The summed E-state index contributed by atoms with van der Waals surface area (Å²) < 4.78 is 125. The van der Waals surface area contributed by atoms with Crippen LogP contribution >= 0.6 is 11.6 Å². The fourth-order valence-corrected chi connectivity index (χ4v) is 2.40. The summed E-state index contributed by atoms with van der Waals surface area (Å²) in [5.41, 5.74) is -11.1. The van der Waals surface area contributed by atoms with Crippen molar-refractivity contribution in [2.75, 3.05) is 7.11 Å². The van der Waals surface area contributed by atoms with Crippen LogP contribution in [0.4, 0.5) is 26.3 Å². The molecule has 29 heavy (non-hydrogen) atoms. The number of alkyl halides is 6. The Morgan fingerprint density at radius 3 is 1.86 bits per heavy atom. The zero-order valence-corrected chi connectivity index (χ0v) is 16.1. The number of hydrogen-bond donors (Lipinski definition) is 1. The quantitative estimate of drug-likeness (QED) is 0.298. The molecule has 0 heterocycles. The Hall–Kier alpha value is -1.97. The summed E-state index contributed by atoms with van der Waals surface area (Å²) in [6.45, 7) is 0. The molecular formula is C13H9ClF6O7S2. The summed E-state index contributed by atoms with van der Waals surface area (Å²) in [7, 11) is -10.1. The van der Waals surface area contributed by atoms with E-state index in [2.05, 4.69) is 4.18 Å². The molecule has 16 heteroatoms. The van der Waals surface area contributed by atoms with Gasteiger partial charge in [0.25, 0.3) is 0 Å². The maximum Gasteiger partial charge on any atom is 0.534 e. The van der Waals surface area contributed by atoms with Crippen molar-refractivity contribution in [3.05, 3.63) is 35.4 Å². The van der Waals surface area contributed by atoms with E-state index in [1.165, 1.54) is 25.3 Å². The first-order valence-corrected chi connectivity index (χ1v) is 9.94. The minimum Gasteiger partial charge on any atom is -0.497 e. The van der Waals surface area contributed by atoms with Crippen molar-refractivity contribution < 1.29 is 56.7 Å². The number of halogens is 7. The molecule has 1 N–H and O–H groups in total. The normalized spacial score (nSPS) is 12.9. The molecule has 0 radical (unpaired) electrons. The second-order valence-electron chi connectivity index (χ2n) is 4.87. The summed E-state index contributed by atoms with van der Waals surface area (Å²) in [6.07, 6.45) is 0. The summed E-state index contributed by atoms with van der Waals surface area (Å²) in [6, 6.07) is 7.06. The van der Waals surface area contributed by atoms with Gasteiger partial charge in [0.1, 0.15) is 5.75 Å². The molecule has 0 aliphatic carbocycles. The van der Waals surface area contributed by atoms with Crippen LogP contribution in [-0.2, 0) is 20.2 Å². The highest BCUT2D eigenvalue weighted by Gasteiger charge is 2.49. The van der Waals surface area contributed by atoms with Crippen LogP contribution in [0.1, 0.15) is 0 Å².